The number of ether oxygens (including phenoxy) is 2. The summed E-state index contributed by atoms with van der Waals surface area (Å²) in [5.74, 6) is -0.295. The number of aryl methyl sites for hydroxylation is 1. The number of likely N-dealkylation sites (N-methyl/N-ethyl adjacent to an activating group) is 1. The first-order valence-electron chi connectivity index (χ1n) is 15.7. The average molecular weight is 647 g/mol. The van der Waals surface area contributed by atoms with Gasteiger partial charge in [-0.3, -0.25) is 4.79 Å². The molecule has 1 heterocycles. The molecule has 11 nitrogen and oxygen atoms in total. The van der Waals surface area contributed by atoms with Crippen LogP contribution >= 0.6 is 0 Å². The van der Waals surface area contributed by atoms with Crippen LogP contribution in [-0.2, 0) is 14.8 Å². The maximum atomic E-state index is 14.2. The van der Waals surface area contributed by atoms with Gasteiger partial charge < -0.3 is 30.1 Å². The summed E-state index contributed by atoms with van der Waals surface area (Å²) in [6.07, 6.45) is 1.55. The van der Waals surface area contributed by atoms with E-state index in [9.17, 15) is 23.1 Å². The van der Waals surface area contributed by atoms with Crippen molar-refractivity contribution in [3.8, 4) is 5.75 Å². The van der Waals surface area contributed by atoms with E-state index >= 15 is 0 Å². The number of sulfonamides is 1. The highest BCUT2D eigenvalue weighted by Crippen LogP contribution is 2.29. The molecule has 12 heteroatoms. The van der Waals surface area contributed by atoms with Gasteiger partial charge in [0.15, 0.2) is 0 Å². The van der Waals surface area contributed by atoms with Crippen molar-refractivity contribution in [1.82, 2.24) is 14.5 Å². The van der Waals surface area contributed by atoms with E-state index in [2.05, 4.69) is 10.6 Å². The van der Waals surface area contributed by atoms with E-state index in [4.69, 9.17) is 9.47 Å². The van der Waals surface area contributed by atoms with Gasteiger partial charge in [0.1, 0.15) is 5.75 Å². The first-order valence-corrected chi connectivity index (χ1v) is 17.1. The van der Waals surface area contributed by atoms with Crippen LogP contribution in [0.4, 0.5) is 10.5 Å². The van der Waals surface area contributed by atoms with Gasteiger partial charge in [-0.05, 0) is 84.2 Å². The molecule has 0 aliphatic carbocycles. The van der Waals surface area contributed by atoms with Crippen molar-refractivity contribution < 1.29 is 32.6 Å². The molecule has 0 saturated carbocycles. The Labute approximate surface area is 268 Å². The molecular formula is C33H50N4O7S. The van der Waals surface area contributed by atoms with E-state index < -0.39 is 28.2 Å². The van der Waals surface area contributed by atoms with Crippen LogP contribution < -0.4 is 15.4 Å². The lowest BCUT2D eigenvalue weighted by Crippen LogP contribution is -2.48. The normalized spacial score (nSPS) is 21.1. The van der Waals surface area contributed by atoms with Crippen LogP contribution in [-0.4, -0.2) is 92.3 Å². The third-order valence-corrected chi connectivity index (χ3v) is 9.73. The monoisotopic (exact) mass is 646 g/mol. The number of benzene rings is 2. The molecule has 250 valence electrons. The zero-order valence-corrected chi connectivity index (χ0v) is 28.4. The molecule has 0 aromatic heterocycles. The van der Waals surface area contributed by atoms with E-state index in [1.807, 2.05) is 34.6 Å². The van der Waals surface area contributed by atoms with E-state index in [1.165, 1.54) is 11.4 Å². The Morgan fingerprint density at radius 1 is 1.11 bits per heavy atom. The lowest BCUT2D eigenvalue weighted by atomic mass is 10.0. The molecule has 2 aromatic rings. The van der Waals surface area contributed by atoms with Gasteiger partial charge in [-0.25, -0.2) is 13.2 Å². The maximum absolute atomic E-state index is 14.2. The molecule has 3 N–H and O–H groups in total. The molecule has 3 rings (SSSR count). The molecule has 4 atom stereocenters. The number of urea groups is 1. The molecule has 0 unspecified atom stereocenters. The standard InChI is InChI=1S/C33H50N4O7S/c1-22(2)34-33(40)35-27-13-16-30-29(18-27)32(39)37(25(5)21-38)19-24(4)31(43-17-9-8-10-26(6)44-30)20-36(7)45(41,42)28-14-11-23(3)12-15-28/h11-16,18,22,24-26,31,38H,8-10,17,19-21H2,1-7H3,(H2,34,35,40)/t24-,25-,26-,31-/m0/s1. The van der Waals surface area contributed by atoms with E-state index in [0.29, 0.717) is 24.5 Å². The largest absolute Gasteiger partial charge is 0.490 e. The highest BCUT2D eigenvalue weighted by Gasteiger charge is 2.32. The number of aliphatic hydroxyl groups is 1. The topological polar surface area (TPSA) is 138 Å². The number of hydrogen-bond donors (Lipinski definition) is 3. The average Bonchev–Trinajstić information content (AvgIpc) is 2.98. The molecule has 0 saturated heterocycles. The lowest BCUT2D eigenvalue weighted by Gasteiger charge is -2.35. The quantitative estimate of drug-likeness (QED) is 0.380. The van der Waals surface area contributed by atoms with Crippen molar-refractivity contribution in [2.24, 2.45) is 5.92 Å². The van der Waals surface area contributed by atoms with Gasteiger partial charge in [-0.2, -0.15) is 4.31 Å². The van der Waals surface area contributed by atoms with E-state index in [-0.39, 0.29) is 54.1 Å². The van der Waals surface area contributed by atoms with Gasteiger partial charge in [0.2, 0.25) is 10.0 Å². The second kappa shape index (κ2) is 16.4. The lowest BCUT2D eigenvalue weighted by molar-refractivity contribution is -0.00833. The number of rotatable bonds is 8. The Balaban J connectivity index is 1.96. The maximum Gasteiger partial charge on any atom is 0.319 e. The zero-order valence-electron chi connectivity index (χ0n) is 27.6. The second-order valence-electron chi connectivity index (χ2n) is 12.4. The van der Waals surface area contributed by atoms with Crippen molar-refractivity contribution >= 4 is 27.6 Å². The van der Waals surface area contributed by atoms with Gasteiger partial charge in [0.05, 0.1) is 35.3 Å². The summed E-state index contributed by atoms with van der Waals surface area (Å²) in [5.41, 5.74) is 1.64. The fraction of sp³-hybridized carbons (Fsp3) is 0.576. The summed E-state index contributed by atoms with van der Waals surface area (Å²) in [6, 6.07) is 10.7. The Hall–Kier alpha value is -3.19. The second-order valence-corrected chi connectivity index (χ2v) is 14.4. The van der Waals surface area contributed by atoms with Crippen LogP contribution in [0, 0.1) is 12.8 Å². The summed E-state index contributed by atoms with van der Waals surface area (Å²) in [6.45, 7) is 11.6. The molecule has 0 bridgehead atoms. The molecule has 2 aromatic carbocycles. The minimum atomic E-state index is -3.78. The Bertz CT molecular complexity index is 1380. The predicted octanol–water partition coefficient (Wildman–Crippen LogP) is 4.64. The molecule has 3 amide bonds. The van der Waals surface area contributed by atoms with Crippen molar-refractivity contribution in [3.05, 3.63) is 53.6 Å². The van der Waals surface area contributed by atoms with Crippen molar-refractivity contribution in [2.75, 3.05) is 38.7 Å². The predicted molar refractivity (Wildman–Crippen MR) is 175 cm³/mol. The molecule has 0 fully saturated rings. The van der Waals surface area contributed by atoms with Crippen LogP contribution in [0.15, 0.2) is 47.4 Å². The van der Waals surface area contributed by atoms with Gasteiger partial charge in [0.25, 0.3) is 5.91 Å². The Kier molecular flexibility index (Phi) is 13.2. The van der Waals surface area contributed by atoms with Crippen LogP contribution in [0.5, 0.6) is 5.75 Å². The summed E-state index contributed by atoms with van der Waals surface area (Å²) < 4.78 is 40.7. The van der Waals surface area contributed by atoms with Crippen LogP contribution in [0.25, 0.3) is 0 Å². The van der Waals surface area contributed by atoms with E-state index in [0.717, 1.165) is 18.4 Å². The van der Waals surface area contributed by atoms with Gasteiger partial charge in [0, 0.05) is 44.4 Å². The zero-order chi connectivity index (χ0) is 33.3. The SMILES string of the molecule is Cc1ccc(S(=O)(=O)N(C)C[C@@H]2OCCCC[C@H](C)Oc3ccc(NC(=O)NC(C)C)cc3C(=O)N([C@@H](C)CO)C[C@@H]2C)cc1. The van der Waals surface area contributed by atoms with Crippen molar-refractivity contribution in [1.29, 1.82) is 0 Å². The highest BCUT2D eigenvalue weighted by atomic mass is 32.2. The fourth-order valence-corrected chi connectivity index (χ4v) is 6.32. The number of hydrogen-bond acceptors (Lipinski definition) is 7. The summed E-state index contributed by atoms with van der Waals surface area (Å²) in [5, 5.41) is 15.7. The molecular weight excluding hydrogens is 596 g/mol. The van der Waals surface area contributed by atoms with Crippen LogP contribution in [0.2, 0.25) is 0 Å². The first-order chi connectivity index (χ1) is 21.2. The smallest absolute Gasteiger partial charge is 0.319 e. The molecule has 45 heavy (non-hydrogen) atoms. The number of nitrogens with one attached hydrogen (secondary N) is 2. The summed E-state index contributed by atoms with van der Waals surface area (Å²) in [4.78, 5) is 28.4. The minimum Gasteiger partial charge on any atom is -0.490 e. The molecule has 1 aliphatic heterocycles. The molecule has 0 spiro atoms. The Morgan fingerprint density at radius 2 is 1.80 bits per heavy atom. The van der Waals surface area contributed by atoms with Gasteiger partial charge in [-0.15, -0.1) is 0 Å². The third kappa shape index (κ3) is 10.2. The van der Waals surface area contributed by atoms with Crippen molar-refractivity contribution in [2.45, 2.75) is 90.0 Å². The number of amides is 3. The van der Waals surface area contributed by atoms with Gasteiger partial charge in [-0.1, -0.05) is 24.6 Å². The number of carbonyl (C=O) groups is 2. The summed E-state index contributed by atoms with van der Waals surface area (Å²) >= 11 is 0. The number of aliphatic hydroxyl groups excluding tert-OH is 1. The summed E-state index contributed by atoms with van der Waals surface area (Å²) in [7, 11) is -2.24. The van der Waals surface area contributed by atoms with Crippen LogP contribution in [0.1, 0.15) is 69.8 Å². The molecule has 0 radical (unpaired) electrons. The molecule has 1 aliphatic rings. The highest BCUT2D eigenvalue weighted by molar-refractivity contribution is 7.89. The number of nitrogens with zero attached hydrogens (tertiary/aromatic N) is 2. The number of anilines is 1. The fourth-order valence-electron chi connectivity index (χ4n) is 5.13. The Morgan fingerprint density at radius 3 is 2.44 bits per heavy atom. The van der Waals surface area contributed by atoms with Gasteiger partial charge >= 0.3 is 6.03 Å². The minimum absolute atomic E-state index is 0.0726. The van der Waals surface area contributed by atoms with Crippen molar-refractivity contribution in [3.63, 3.8) is 0 Å². The number of carbonyl (C=O) groups excluding carboxylic acids is 2. The third-order valence-electron chi connectivity index (χ3n) is 7.90. The first kappa shape index (κ1) is 36.3. The van der Waals surface area contributed by atoms with E-state index in [1.54, 1.807) is 54.3 Å². The number of fused-ring (bicyclic) bond motifs is 1. The van der Waals surface area contributed by atoms with Crippen LogP contribution in [0.3, 0.4) is 0 Å².